The zero-order valence-corrected chi connectivity index (χ0v) is 12.7. The van der Waals surface area contributed by atoms with E-state index < -0.39 is 0 Å². The molecule has 0 amide bonds. The van der Waals surface area contributed by atoms with Gasteiger partial charge in [0.1, 0.15) is 11.6 Å². The summed E-state index contributed by atoms with van der Waals surface area (Å²) in [5, 5.41) is 16.9. The third-order valence-electron chi connectivity index (χ3n) is 3.54. The maximum atomic E-state index is 12.1. The minimum absolute atomic E-state index is 0.172. The van der Waals surface area contributed by atoms with E-state index in [2.05, 4.69) is 35.6 Å². The third-order valence-corrected chi connectivity index (χ3v) is 3.54. The number of hydrogen-bond acceptors (Lipinski definition) is 6. The first-order valence-electron chi connectivity index (χ1n) is 7.34. The van der Waals surface area contributed by atoms with Crippen LogP contribution < -0.4 is 10.3 Å². The van der Waals surface area contributed by atoms with Crippen molar-refractivity contribution in [3.63, 3.8) is 0 Å². The van der Waals surface area contributed by atoms with Gasteiger partial charge in [-0.05, 0) is 25.1 Å². The van der Waals surface area contributed by atoms with Gasteiger partial charge in [0.15, 0.2) is 5.52 Å². The van der Waals surface area contributed by atoms with Crippen molar-refractivity contribution in [2.24, 2.45) is 0 Å². The molecular weight excluding hydrogens is 310 g/mol. The molecule has 0 saturated carbocycles. The molecule has 0 aliphatic heterocycles. The number of nitrogens with zero attached hydrogens (tertiary/aromatic N) is 4. The van der Waals surface area contributed by atoms with E-state index in [4.69, 9.17) is 4.74 Å². The van der Waals surface area contributed by atoms with Gasteiger partial charge in [-0.1, -0.05) is 6.07 Å². The van der Waals surface area contributed by atoms with Crippen LogP contribution in [-0.4, -0.2) is 42.2 Å². The maximum Gasteiger partial charge on any atom is 0.281 e. The molecular formula is C15H13N7O2. The molecule has 0 aliphatic rings. The standard InChI is InChI=1S/C15H13N7O2/c1-2-24-11-7-8(10-5-6-16-19-10)3-4-9(11)13-17-14-12(15(23)18-13)20-22-21-14/h3-7H,2H2,1H3,(H,16,19)(H2,17,18,20,21,22,23). The number of ether oxygens (including phenoxy) is 1. The normalized spacial score (nSPS) is 11.0. The summed E-state index contributed by atoms with van der Waals surface area (Å²) in [6, 6.07) is 7.48. The molecule has 1 aromatic carbocycles. The van der Waals surface area contributed by atoms with Crippen LogP contribution >= 0.6 is 0 Å². The zero-order valence-electron chi connectivity index (χ0n) is 12.7. The molecule has 4 rings (SSSR count). The topological polar surface area (TPSA) is 125 Å². The lowest BCUT2D eigenvalue weighted by Crippen LogP contribution is -2.10. The number of nitrogens with one attached hydrogen (secondary N) is 3. The van der Waals surface area contributed by atoms with Gasteiger partial charge in [-0.2, -0.15) is 10.3 Å². The highest BCUT2D eigenvalue weighted by Gasteiger charge is 2.14. The Morgan fingerprint density at radius 2 is 2.12 bits per heavy atom. The van der Waals surface area contributed by atoms with Crippen LogP contribution in [0.1, 0.15) is 6.92 Å². The lowest BCUT2D eigenvalue weighted by molar-refractivity contribution is 0.341. The van der Waals surface area contributed by atoms with Crippen LogP contribution in [0.15, 0.2) is 35.3 Å². The summed E-state index contributed by atoms with van der Waals surface area (Å²) < 4.78 is 5.72. The lowest BCUT2D eigenvalue weighted by Gasteiger charge is -2.11. The van der Waals surface area contributed by atoms with E-state index in [9.17, 15) is 4.79 Å². The van der Waals surface area contributed by atoms with Crippen molar-refractivity contribution >= 4 is 11.2 Å². The van der Waals surface area contributed by atoms with E-state index in [0.29, 0.717) is 23.7 Å². The summed E-state index contributed by atoms with van der Waals surface area (Å²) in [4.78, 5) is 19.1. The van der Waals surface area contributed by atoms with Crippen LogP contribution in [0.2, 0.25) is 0 Å². The van der Waals surface area contributed by atoms with E-state index in [0.717, 1.165) is 11.3 Å². The number of fused-ring (bicyclic) bond motifs is 1. The first-order valence-corrected chi connectivity index (χ1v) is 7.34. The van der Waals surface area contributed by atoms with E-state index in [1.165, 1.54) is 0 Å². The first kappa shape index (κ1) is 14.1. The average molecular weight is 323 g/mol. The van der Waals surface area contributed by atoms with Gasteiger partial charge in [-0.25, -0.2) is 4.98 Å². The van der Waals surface area contributed by atoms with Crippen LogP contribution in [0.3, 0.4) is 0 Å². The molecule has 24 heavy (non-hydrogen) atoms. The van der Waals surface area contributed by atoms with Crippen LogP contribution in [0, 0.1) is 0 Å². The van der Waals surface area contributed by atoms with E-state index in [1.54, 1.807) is 6.20 Å². The predicted octanol–water partition coefficient (Wildman–Crippen LogP) is 1.50. The molecule has 0 spiro atoms. The molecule has 3 heterocycles. The minimum Gasteiger partial charge on any atom is -0.493 e. The molecule has 0 bridgehead atoms. The van der Waals surface area contributed by atoms with Gasteiger partial charge >= 0.3 is 0 Å². The molecule has 0 aliphatic carbocycles. The number of H-pyrrole nitrogens is 3. The Labute approximate surface area is 135 Å². The Morgan fingerprint density at radius 3 is 2.92 bits per heavy atom. The highest BCUT2D eigenvalue weighted by molar-refractivity contribution is 5.75. The second kappa shape index (κ2) is 5.61. The van der Waals surface area contributed by atoms with Crippen molar-refractivity contribution in [1.29, 1.82) is 0 Å². The summed E-state index contributed by atoms with van der Waals surface area (Å²) in [5.41, 5.74) is 2.53. The number of aromatic amines is 3. The van der Waals surface area contributed by atoms with Crippen LogP contribution in [0.25, 0.3) is 33.8 Å². The van der Waals surface area contributed by atoms with Crippen molar-refractivity contribution < 1.29 is 4.74 Å². The van der Waals surface area contributed by atoms with Crippen LogP contribution in [0.5, 0.6) is 5.75 Å². The zero-order chi connectivity index (χ0) is 16.5. The predicted molar refractivity (Wildman–Crippen MR) is 86.5 cm³/mol. The monoisotopic (exact) mass is 323 g/mol. The second-order valence-corrected chi connectivity index (χ2v) is 5.02. The summed E-state index contributed by atoms with van der Waals surface area (Å²) in [5.74, 6) is 0.983. The van der Waals surface area contributed by atoms with Crippen LogP contribution in [0.4, 0.5) is 0 Å². The van der Waals surface area contributed by atoms with Crippen molar-refractivity contribution in [3.05, 3.63) is 40.8 Å². The molecule has 0 radical (unpaired) electrons. The highest BCUT2D eigenvalue weighted by Crippen LogP contribution is 2.32. The highest BCUT2D eigenvalue weighted by atomic mass is 16.5. The molecule has 0 saturated heterocycles. The molecule has 4 aromatic rings. The number of aromatic nitrogens is 7. The fraction of sp³-hybridized carbons (Fsp3) is 0.133. The Kier molecular flexibility index (Phi) is 3.30. The van der Waals surface area contributed by atoms with Gasteiger partial charge in [0, 0.05) is 11.8 Å². The Morgan fingerprint density at radius 1 is 1.21 bits per heavy atom. The lowest BCUT2D eigenvalue weighted by atomic mass is 10.1. The fourth-order valence-corrected chi connectivity index (χ4v) is 2.46. The molecule has 3 aromatic heterocycles. The van der Waals surface area contributed by atoms with Gasteiger partial charge in [-0.15, -0.1) is 10.2 Å². The van der Waals surface area contributed by atoms with E-state index in [1.807, 2.05) is 31.2 Å². The number of benzene rings is 1. The largest absolute Gasteiger partial charge is 0.493 e. The van der Waals surface area contributed by atoms with E-state index >= 15 is 0 Å². The van der Waals surface area contributed by atoms with Crippen LogP contribution in [-0.2, 0) is 0 Å². The van der Waals surface area contributed by atoms with Gasteiger partial charge in [0.05, 0.1) is 17.9 Å². The summed E-state index contributed by atoms with van der Waals surface area (Å²) in [6.07, 6.45) is 1.68. The first-order chi connectivity index (χ1) is 11.8. The molecule has 9 heteroatoms. The van der Waals surface area contributed by atoms with Gasteiger partial charge in [0.25, 0.3) is 5.56 Å². The van der Waals surface area contributed by atoms with Gasteiger partial charge in [0.2, 0.25) is 5.65 Å². The molecule has 3 N–H and O–H groups in total. The molecule has 0 unspecified atom stereocenters. The van der Waals surface area contributed by atoms with Crippen molar-refractivity contribution in [2.75, 3.05) is 6.61 Å². The summed E-state index contributed by atoms with van der Waals surface area (Å²) >= 11 is 0. The average Bonchev–Trinajstić information content (AvgIpc) is 3.27. The third kappa shape index (κ3) is 2.32. The van der Waals surface area contributed by atoms with Crippen molar-refractivity contribution in [1.82, 2.24) is 35.6 Å². The Balaban J connectivity index is 1.88. The Bertz CT molecular complexity index is 1050. The maximum absolute atomic E-state index is 12.1. The summed E-state index contributed by atoms with van der Waals surface area (Å²) in [6.45, 7) is 2.37. The fourth-order valence-electron chi connectivity index (χ4n) is 2.46. The second-order valence-electron chi connectivity index (χ2n) is 5.02. The quantitative estimate of drug-likeness (QED) is 0.522. The SMILES string of the molecule is CCOc1cc(-c2ccn[nH]2)ccc1-c1nc2n[nH]nc2c(=O)[nH]1. The van der Waals surface area contributed by atoms with Gasteiger partial charge in [-0.3, -0.25) is 9.89 Å². The summed E-state index contributed by atoms with van der Waals surface area (Å²) in [7, 11) is 0. The molecule has 120 valence electrons. The molecule has 0 atom stereocenters. The van der Waals surface area contributed by atoms with Crippen molar-refractivity contribution in [3.8, 4) is 28.4 Å². The van der Waals surface area contributed by atoms with E-state index in [-0.39, 0.29) is 16.7 Å². The Hall–Kier alpha value is -3.49. The molecule has 9 nitrogen and oxygen atoms in total. The smallest absolute Gasteiger partial charge is 0.281 e. The number of rotatable bonds is 4. The van der Waals surface area contributed by atoms with Crippen molar-refractivity contribution in [2.45, 2.75) is 6.92 Å². The van der Waals surface area contributed by atoms with Gasteiger partial charge < -0.3 is 9.72 Å². The number of hydrogen-bond donors (Lipinski definition) is 3. The minimum atomic E-state index is -0.358. The molecule has 0 fully saturated rings.